The maximum absolute atomic E-state index is 14.0. The fraction of sp³-hybridized carbons (Fsp3) is 0.120. The van der Waals surface area contributed by atoms with Gasteiger partial charge in [-0.05, 0) is 42.0 Å². The summed E-state index contributed by atoms with van der Waals surface area (Å²) < 4.78 is 42.3. The second-order valence-electron chi connectivity index (χ2n) is 7.69. The molecular formula is C25H19F3N4O3. The van der Waals surface area contributed by atoms with Crippen LogP contribution in [0.25, 0.3) is 11.0 Å². The number of carbonyl (C=O) groups excluding carboxylic acids is 2. The van der Waals surface area contributed by atoms with Crippen molar-refractivity contribution in [2.45, 2.75) is 20.0 Å². The number of hydrogen-bond acceptors (Lipinski definition) is 4. The molecule has 4 rings (SSSR count). The Kier molecular flexibility index (Phi) is 6.63. The van der Waals surface area contributed by atoms with Gasteiger partial charge in [-0.1, -0.05) is 30.3 Å². The lowest BCUT2D eigenvalue weighted by Gasteiger charge is -2.21. The molecule has 1 N–H and O–H groups in total. The van der Waals surface area contributed by atoms with Crippen LogP contribution in [0.4, 0.5) is 24.7 Å². The molecule has 0 radical (unpaired) electrons. The van der Waals surface area contributed by atoms with E-state index in [9.17, 15) is 27.6 Å². The molecule has 0 spiro atoms. The van der Waals surface area contributed by atoms with Gasteiger partial charge >= 0.3 is 0 Å². The van der Waals surface area contributed by atoms with Crippen molar-refractivity contribution in [1.29, 1.82) is 0 Å². The lowest BCUT2D eigenvalue weighted by atomic mass is 10.2. The van der Waals surface area contributed by atoms with Gasteiger partial charge in [-0.2, -0.15) is 0 Å². The number of rotatable bonds is 6. The summed E-state index contributed by atoms with van der Waals surface area (Å²) in [6.07, 6.45) is 0. The average molecular weight is 480 g/mol. The molecule has 3 aromatic carbocycles. The summed E-state index contributed by atoms with van der Waals surface area (Å²) >= 11 is 0. The zero-order valence-electron chi connectivity index (χ0n) is 18.5. The predicted molar refractivity (Wildman–Crippen MR) is 124 cm³/mol. The molecule has 0 saturated heterocycles. The second-order valence-corrected chi connectivity index (χ2v) is 7.69. The Hall–Kier alpha value is -4.47. The maximum Gasteiger partial charge on any atom is 0.294 e. The van der Waals surface area contributed by atoms with Gasteiger partial charge in [0.25, 0.3) is 5.56 Å². The normalized spacial score (nSPS) is 10.9. The first kappa shape index (κ1) is 23.7. The Morgan fingerprint density at radius 2 is 1.60 bits per heavy atom. The van der Waals surface area contributed by atoms with Gasteiger partial charge < -0.3 is 5.32 Å². The highest BCUT2D eigenvalue weighted by Crippen LogP contribution is 2.20. The molecule has 0 bridgehead atoms. The molecule has 4 aromatic rings. The van der Waals surface area contributed by atoms with E-state index in [1.165, 1.54) is 31.2 Å². The van der Waals surface area contributed by atoms with Crippen LogP contribution in [-0.2, 0) is 22.7 Å². The first-order valence-corrected chi connectivity index (χ1v) is 10.5. The van der Waals surface area contributed by atoms with Crippen molar-refractivity contribution in [3.8, 4) is 0 Å². The van der Waals surface area contributed by atoms with Crippen molar-refractivity contribution in [1.82, 2.24) is 9.55 Å². The van der Waals surface area contributed by atoms with E-state index in [-0.39, 0.29) is 17.9 Å². The Bertz CT molecular complexity index is 1470. The van der Waals surface area contributed by atoms with E-state index in [1.54, 1.807) is 24.3 Å². The first-order chi connectivity index (χ1) is 16.7. The number of nitrogens with one attached hydrogen (secondary N) is 1. The summed E-state index contributed by atoms with van der Waals surface area (Å²) in [5.41, 5.74) is -0.237. The van der Waals surface area contributed by atoms with E-state index >= 15 is 0 Å². The van der Waals surface area contributed by atoms with Gasteiger partial charge in [0, 0.05) is 6.92 Å². The molecule has 0 aliphatic carbocycles. The van der Waals surface area contributed by atoms with Crippen LogP contribution in [0.2, 0.25) is 0 Å². The Balaban J connectivity index is 1.75. The van der Waals surface area contributed by atoms with E-state index in [4.69, 9.17) is 0 Å². The molecule has 35 heavy (non-hydrogen) atoms. The highest BCUT2D eigenvalue weighted by molar-refractivity contribution is 5.93. The Morgan fingerprint density at radius 3 is 2.26 bits per heavy atom. The number of amides is 2. The van der Waals surface area contributed by atoms with Crippen LogP contribution >= 0.6 is 0 Å². The SMILES string of the molecule is CC(=O)N(Cc1ccc(F)cc1)c1nc2ccccc2n(CC(=O)Nc2c(F)cccc2F)c1=O. The van der Waals surface area contributed by atoms with Crippen LogP contribution in [0.5, 0.6) is 0 Å². The highest BCUT2D eigenvalue weighted by Gasteiger charge is 2.22. The molecule has 178 valence electrons. The minimum Gasteiger partial charge on any atom is -0.320 e. The Morgan fingerprint density at radius 1 is 0.943 bits per heavy atom. The van der Waals surface area contributed by atoms with Crippen LogP contribution in [0.1, 0.15) is 12.5 Å². The number of carbonyl (C=O) groups is 2. The molecule has 7 nitrogen and oxygen atoms in total. The lowest BCUT2D eigenvalue weighted by Crippen LogP contribution is -2.38. The number of para-hydroxylation sites is 3. The fourth-order valence-electron chi connectivity index (χ4n) is 3.56. The quantitative estimate of drug-likeness (QED) is 0.452. The van der Waals surface area contributed by atoms with E-state index in [1.807, 2.05) is 0 Å². The van der Waals surface area contributed by atoms with Gasteiger partial charge in [0.15, 0.2) is 0 Å². The van der Waals surface area contributed by atoms with Gasteiger partial charge in [-0.25, -0.2) is 18.2 Å². The van der Waals surface area contributed by atoms with E-state index < -0.39 is 47.1 Å². The van der Waals surface area contributed by atoms with E-state index in [0.717, 1.165) is 27.7 Å². The minimum absolute atomic E-state index is 0.0666. The number of benzene rings is 3. The summed E-state index contributed by atoms with van der Waals surface area (Å²) in [4.78, 5) is 44.0. The summed E-state index contributed by atoms with van der Waals surface area (Å²) in [5.74, 6) is -3.98. The molecule has 0 aliphatic rings. The van der Waals surface area contributed by atoms with Gasteiger partial charge in [0.2, 0.25) is 17.6 Å². The molecule has 1 heterocycles. The number of nitrogens with zero attached hydrogens (tertiary/aromatic N) is 3. The maximum atomic E-state index is 14.0. The largest absolute Gasteiger partial charge is 0.320 e. The monoisotopic (exact) mass is 480 g/mol. The van der Waals surface area contributed by atoms with Crippen molar-refractivity contribution in [3.05, 3.63) is 100 Å². The van der Waals surface area contributed by atoms with Gasteiger partial charge in [-0.3, -0.25) is 23.9 Å². The molecule has 10 heteroatoms. The fourth-order valence-corrected chi connectivity index (χ4v) is 3.56. The second kappa shape index (κ2) is 9.80. The standard InChI is InChI=1S/C25H19F3N4O3/c1-15(33)31(13-16-9-11-17(26)12-10-16)24-25(35)32(21-8-3-2-7-20(21)29-24)14-22(34)30-23-18(27)5-4-6-19(23)28/h2-12H,13-14H2,1H3,(H,30,34). The summed E-state index contributed by atoms with van der Waals surface area (Å²) in [5, 5.41) is 2.15. The average Bonchev–Trinajstić information content (AvgIpc) is 2.83. The van der Waals surface area contributed by atoms with Crippen molar-refractivity contribution in [2.75, 3.05) is 10.2 Å². The summed E-state index contributed by atoms with van der Waals surface area (Å²) in [6.45, 7) is 0.589. The van der Waals surface area contributed by atoms with Crippen molar-refractivity contribution >= 4 is 34.4 Å². The highest BCUT2D eigenvalue weighted by atomic mass is 19.1. The zero-order valence-corrected chi connectivity index (χ0v) is 18.5. The number of halogens is 3. The van der Waals surface area contributed by atoms with Gasteiger partial charge in [0.1, 0.15) is 29.7 Å². The van der Waals surface area contributed by atoms with Crippen LogP contribution < -0.4 is 15.8 Å². The van der Waals surface area contributed by atoms with Crippen LogP contribution in [-0.4, -0.2) is 21.4 Å². The molecule has 1 aromatic heterocycles. The third kappa shape index (κ3) is 5.06. The smallest absolute Gasteiger partial charge is 0.294 e. The van der Waals surface area contributed by atoms with Gasteiger partial charge in [-0.15, -0.1) is 0 Å². The summed E-state index contributed by atoms with van der Waals surface area (Å²) in [6, 6.07) is 15.0. The predicted octanol–water partition coefficient (Wildman–Crippen LogP) is 4.01. The van der Waals surface area contributed by atoms with Crippen molar-refractivity contribution < 1.29 is 22.8 Å². The molecular weight excluding hydrogens is 461 g/mol. The third-order valence-corrected chi connectivity index (χ3v) is 5.25. The van der Waals surface area contributed by atoms with Crippen LogP contribution in [0, 0.1) is 17.5 Å². The molecule has 0 atom stereocenters. The van der Waals surface area contributed by atoms with Crippen molar-refractivity contribution in [3.63, 3.8) is 0 Å². The van der Waals surface area contributed by atoms with Crippen LogP contribution in [0.3, 0.4) is 0 Å². The van der Waals surface area contributed by atoms with Crippen LogP contribution in [0.15, 0.2) is 71.5 Å². The van der Waals surface area contributed by atoms with E-state index in [0.29, 0.717) is 11.1 Å². The molecule has 2 amide bonds. The minimum atomic E-state index is -0.965. The third-order valence-electron chi connectivity index (χ3n) is 5.25. The lowest BCUT2D eigenvalue weighted by molar-refractivity contribution is -0.117. The molecule has 0 saturated carbocycles. The van der Waals surface area contributed by atoms with E-state index in [2.05, 4.69) is 10.3 Å². The summed E-state index contributed by atoms with van der Waals surface area (Å²) in [7, 11) is 0. The molecule has 0 aliphatic heterocycles. The Labute approximate surface area is 197 Å². The number of anilines is 2. The number of fused-ring (bicyclic) bond motifs is 1. The zero-order chi connectivity index (χ0) is 25.1. The topological polar surface area (TPSA) is 84.3 Å². The van der Waals surface area contributed by atoms with Gasteiger partial charge in [0.05, 0.1) is 17.6 Å². The van der Waals surface area contributed by atoms with Crippen molar-refractivity contribution in [2.24, 2.45) is 0 Å². The molecule has 0 unspecified atom stereocenters. The number of hydrogen-bond donors (Lipinski definition) is 1. The molecule has 0 fully saturated rings. The number of aromatic nitrogens is 2. The first-order valence-electron chi connectivity index (χ1n) is 10.5.